The van der Waals surface area contributed by atoms with Crippen LogP contribution in [0.4, 0.5) is 4.79 Å². The summed E-state index contributed by atoms with van der Waals surface area (Å²) in [4.78, 5) is 29.2. The van der Waals surface area contributed by atoms with Crippen LogP contribution in [0.15, 0.2) is 96.0 Å². The van der Waals surface area contributed by atoms with E-state index in [-0.39, 0.29) is 22.8 Å². The summed E-state index contributed by atoms with van der Waals surface area (Å²) in [7, 11) is -2.88. The number of benzene rings is 3. The standard InChI is InChI=1S/C31H32N4O6S/c1-31(2,3)34-30(37)35-42(38,39)28-19-23(29(36)33-20-24-9-5-6-17-32-24)13-16-27(28)41-26-10-7-8-22(18-26)21-11-14-25(40-4)15-12-21/h5-19H,20H2,1-4H3,(H,33,36)(H2,34,35,37). The number of rotatable bonds is 9. The molecule has 1 heterocycles. The molecule has 0 unspecified atom stereocenters. The summed E-state index contributed by atoms with van der Waals surface area (Å²) >= 11 is 0. The first kappa shape index (κ1) is 30.1. The molecule has 0 aliphatic heterocycles. The maximum absolute atomic E-state index is 13.4. The molecule has 4 aromatic rings. The highest BCUT2D eigenvalue weighted by molar-refractivity contribution is 7.90. The van der Waals surface area contributed by atoms with Crippen molar-refractivity contribution in [3.05, 3.63) is 102 Å². The number of sulfonamides is 1. The van der Waals surface area contributed by atoms with Gasteiger partial charge in [-0.2, -0.15) is 0 Å². The van der Waals surface area contributed by atoms with E-state index in [1.54, 1.807) is 70.5 Å². The Morgan fingerprint density at radius 1 is 0.857 bits per heavy atom. The number of urea groups is 1. The van der Waals surface area contributed by atoms with Gasteiger partial charge in [0.1, 0.15) is 22.1 Å². The zero-order valence-electron chi connectivity index (χ0n) is 23.7. The molecule has 0 fully saturated rings. The molecular weight excluding hydrogens is 556 g/mol. The summed E-state index contributed by atoms with van der Waals surface area (Å²) in [5.41, 5.74) is 1.73. The van der Waals surface area contributed by atoms with E-state index in [4.69, 9.17) is 9.47 Å². The van der Waals surface area contributed by atoms with E-state index >= 15 is 0 Å². The molecule has 0 saturated carbocycles. The fraction of sp³-hybridized carbons (Fsp3) is 0.194. The number of amides is 3. The van der Waals surface area contributed by atoms with E-state index in [1.807, 2.05) is 35.1 Å². The number of hydrogen-bond donors (Lipinski definition) is 3. The highest BCUT2D eigenvalue weighted by atomic mass is 32.2. The topological polar surface area (TPSA) is 136 Å². The Morgan fingerprint density at radius 3 is 2.29 bits per heavy atom. The molecule has 3 amide bonds. The van der Waals surface area contributed by atoms with Crippen LogP contribution in [0.5, 0.6) is 17.2 Å². The first-order valence-corrected chi connectivity index (χ1v) is 14.5. The highest BCUT2D eigenvalue weighted by Gasteiger charge is 2.26. The molecule has 3 aromatic carbocycles. The van der Waals surface area contributed by atoms with Gasteiger partial charge >= 0.3 is 6.03 Å². The van der Waals surface area contributed by atoms with Gasteiger partial charge in [0, 0.05) is 17.3 Å². The predicted octanol–water partition coefficient (Wildman–Crippen LogP) is 5.27. The van der Waals surface area contributed by atoms with Gasteiger partial charge in [0.15, 0.2) is 0 Å². The van der Waals surface area contributed by atoms with Crippen molar-refractivity contribution in [2.24, 2.45) is 0 Å². The molecule has 0 aliphatic carbocycles. The third kappa shape index (κ3) is 8.07. The first-order chi connectivity index (χ1) is 19.9. The van der Waals surface area contributed by atoms with Crippen LogP contribution in [0, 0.1) is 0 Å². The summed E-state index contributed by atoms with van der Waals surface area (Å²) in [5.74, 6) is 0.475. The minimum Gasteiger partial charge on any atom is -0.497 e. The largest absolute Gasteiger partial charge is 0.497 e. The van der Waals surface area contributed by atoms with Gasteiger partial charge in [0.25, 0.3) is 15.9 Å². The molecule has 11 heteroatoms. The van der Waals surface area contributed by atoms with Crippen molar-refractivity contribution < 1.29 is 27.5 Å². The normalized spacial score (nSPS) is 11.3. The molecule has 1 aromatic heterocycles. The Labute approximate surface area is 245 Å². The molecule has 0 aliphatic rings. The lowest BCUT2D eigenvalue weighted by Crippen LogP contribution is -2.48. The number of nitrogens with zero attached hydrogens (tertiary/aromatic N) is 1. The van der Waals surface area contributed by atoms with Crippen LogP contribution < -0.4 is 24.8 Å². The molecular formula is C31H32N4O6S. The highest BCUT2D eigenvalue weighted by Crippen LogP contribution is 2.32. The number of pyridine rings is 1. The number of aromatic nitrogens is 1. The molecule has 0 radical (unpaired) electrons. The molecule has 0 saturated heterocycles. The van der Waals surface area contributed by atoms with E-state index in [0.29, 0.717) is 17.2 Å². The van der Waals surface area contributed by atoms with Gasteiger partial charge in [-0.15, -0.1) is 0 Å². The lowest BCUT2D eigenvalue weighted by Gasteiger charge is -2.21. The zero-order chi connectivity index (χ0) is 30.3. The van der Waals surface area contributed by atoms with Gasteiger partial charge in [0.2, 0.25) is 0 Å². The number of methoxy groups -OCH3 is 1. The van der Waals surface area contributed by atoms with Crippen molar-refractivity contribution in [2.45, 2.75) is 37.8 Å². The summed E-state index contributed by atoms with van der Waals surface area (Å²) in [5, 5.41) is 5.28. The molecule has 0 bridgehead atoms. The molecule has 10 nitrogen and oxygen atoms in total. The van der Waals surface area contributed by atoms with Crippen LogP contribution >= 0.6 is 0 Å². The molecule has 0 atom stereocenters. The third-order valence-corrected chi connectivity index (χ3v) is 7.20. The second-order valence-corrected chi connectivity index (χ2v) is 12.0. The minimum absolute atomic E-state index is 0.0573. The van der Waals surface area contributed by atoms with Gasteiger partial charge in [-0.1, -0.05) is 30.3 Å². The Hall–Kier alpha value is -4.90. The van der Waals surface area contributed by atoms with Gasteiger partial charge < -0.3 is 20.1 Å². The Bertz CT molecular complexity index is 1670. The maximum atomic E-state index is 13.4. The number of ether oxygens (including phenoxy) is 2. The second kappa shape index (κ2) is 12.7. The lowest BCUT2D eigenvalue weighted by atomic mass is 10.1. The van der Waals surface area contributed by atoms with Gasteiger partial charge in [0.05, 0.1) is 19.3 Å². The fourth-order valence-corrected chi connectivity index (χ4v) is 4.97. The Kier molecular flexibility index (Phi) is 9.12. The zero-order valence-corrected chi connectivity index (χ0v) is 24.5. The monoisotopic (exact) mass is 588 g/mol. The lowest BCUT2D eigenvalue weighted by molar-refractivity contribution is 0.0950. The van der Waals surface area contributed by atoms with Crippen molar-refractivity contribution in [1.29, 1.82) is 0 Å². The number of hydrogen-bond acceptors (Lipinski definition) is 7. The Morgan fingerprint density at radius 2 is 1.62 bits per heavy atom. The van der Waals surface area contributed by atoms with Crippen molar-refractivity contribution in [3.63, 3.8) is 0 Å². The average Bonchev–Trinajstić information content (AvgIpc) is 2.95. The van der Waals surface area contributed by atoms with Crippen molar-refractivity contribution in [3.8, 4) is 28.4 Å². The van der Waals surface area contributed by atoms with Crippen molar-refractivity contribution in [1.82, 2.24) is 20.3 Å². The van der Waals surface area contributed by atoms with Gasteiger partial charge in [-0.05, 0) is 86.5 Å². The van der Waals surface area contributed by atoms with Crippen LogP contribution in [-0.2, 0) is 16.6 Å². The second-order valence-electron chi connectivity index (χ2n) is 10.3. The predicted molar refractivity (Wildman–Crippen MR) is 159 cm³/mol. The van der Waals surface area contributed by atoms with Crippen LogP contribution in [0.3, 0.4) is 0 Å². The van der Waals surface area contributed by atoms with Gasteiger partial charge in [-0.25, -0.2) is 17.9 Å². The van der Waals surface area contributed by atoms with E-state index in [1.165, 1.54) is 18.2 Å². The number of nitrogens with one attached hydrogen (secondary N) is 3. The summed E-state index contributed by atoms with van der Waals surface area (Å²) in [6, 6.07) is 22.9. The maximum Gasteiger partial charge on any atom is 0.329 e. The smallest absolute Gasteiger partial charge is 0.329 e. The summed E-state index contributed by atoms with van der Waals surface area (Å²) < 4.78 is 40.1. The van der Waals surface area contributed by atoms with Gasteiger partial charge in [-0.3, -0.25) is 9.78 Å². The molecule has 4 rings (SSSR count). The number of carbonyl (C=O) groups is 2. The van der Waals surface area contributed by atoms with Crippen molar-refractivity contribution >= 4 is 22.0 Å². The summed E-state index contributed by atoms with van der Waals surface area (Å²) in [6.07, 6.45) is 1.61. The quantitative estimate of drug-likeness (QED) is 0.243. The minimum atomic E-state index is -4.47. The van der Waals surface area contributed by atoms with Crippen LogP contribution in [0.2, 0.25) is 0 Å². The number of carbonyl (C=O) groups excluding carboxylic acids is 2. The van der Waals surface area contributed by atoms with E-state index in [0.717, 1.165) is 11.1 Å². The molecule has 218 valence electrons. The van der Waals surface area contributed by atoms with Crippen LogP contribution in [0.1, 0.15) is 36.8 Å². The SMILES string of the molecule is COc1ccc(-c2cccc(Oc3ccc(C(=O)NCc4ccccn4)cc3S(=O)(=O)NC(=O)NC(C)(C)C)c2)cc1. The van der Waals surface area contributed by atoms with Crippen LogP contribution in [-0.4, -0.2) is 38.0 Å². The molecule has 42 heavy (non-hydrogen) atoms. The fourth-order valence-electron chi connectivity index (χ4n) is 3.91. The Balaban J connectivity index is 1.65. The van der Waals surface area contributed by atoms with E-state index < -0.39 is 27.5 Å². The average molecular weight is 589 g/mol. The van der Waals surface area contributed by atoms with E-state index in [2.05, 4.69) is 15.6 Å². The molecule has 0 spiro atoms. The van der Waals surface area contributed by atoms with Crippen LogP contribution in [0.25, 0.3) is 11.1 Å². The first-order valence-electron chi connectivity index (χ1n) is 13.0. The molecule has 3 N–H and O–H groups in total. The summed E-state index contributed by atoms with van der Waals surface area (Å²) in [6.45, 7) is 5.30. The van der Waals surface area contributed by atoms with E-state index in [9.17, 15) is 18.0 Å². The van der Waals surface area contributed by atoms with Crippen molar-refractivity contribution in [2.75, 3.05) is 7.11 Å². The third-order valence-electron chi connectivity index (χ3n) is 5.85.